The summed E-state index contributed by atoms with van der Waals surface area (Å²) >= 11 is 0. The predicted molar refractivity (Wildman–Crippen MR) is 109 cm³/mol. The van der Waals surface area contributed by atoms with Gasteiger partial charge >= 0.3 is 0 Å². The van der Waals surface area contributed by atoms with Gasteiger partial charge in [-0.25, -0.2) is 0 Å². The van der Waals surface area contributed by atoms with Gasteiger partial charge in [-0.05, 0) is 11.6 Å². The first-order valence-corrected chi connectivity index (χ1v) is 8.86. The third-order valence-corrected chi connectivity index (χ3v) is 4.91. The van der Waals surface area contributed by atoms with Gasteiger partial charge in [0.05, 0.1) is 11.7 Å². The van der Waals surface area contributed by atoms with Crippen LogP contribution in [0.2, 0.25) is 0 Å². The predicted octanol–water partition coefficient (Wildman–Crippen LogP) is 5.61. The molecule has 0 saturated heterocycles. The van der Waals surface area contributed by atoms with Crippen molar-refractivity contribution >= 4 is 27.6 Å². The number of fused-ring (bicyclic) bond motifs is 3. The van der Waals surface area contributed by atoms with Crippen LogP contribution in [0.25, 0.3) is 32.9 Å². The average Bonchev–Trinajstić information content (AvgIpc) is 3.13. The molecule has 1 N–H and O–H groups in total. The third kappa shape index (κ3) is 2.61. The van der Waals surface area contributed by atoms with Crippen LogP contribution in [0.15, 0.2) is 91.3 Å². The van der Waals surface area contributed by atoms with Crippen LogP contribution in [-0.2, 0) is 0 Å². The number of ketones is 1. The Bertz CT molecular complexity index is 1270. The minimum absolute atomic E-state index is 0.0329. The number of H-pyrrole nitrogens is 1. The average molecular weight is 348 g/mol. The van der Waals surface area contributed by atoms with Crippen molar-refractivity contribution in [2.45, 2.75) is 0 Å². The van der Waals surface area contributed by atoms with Gasteiger partial charge in [-0.2, -0.15) is 0 Å². The van der Waals surface area contributed by atoms with Gasteiger partial charge in [-0.15, -0.1) is 0 Å². The van der Waals surface area contributed by atoms with Crippen molar-refractivity contribution in [1.29, 1.82) is 0 Å². The van der Waals surface area contributed by atoms with Crippen molar-refractivity contribution in [3.05, 3.63) is 102 Å². The summed E-state index contributed by atoms with van der Waals surface area (Å²) in [6.45, 7) is 0. The van der Waals surface area contributed by atoms with E-state index in [0.717, 1.165) is 27.5 Å². The number of nitrogens with zero attached hydrogens (tertiary/aromatic N) is 1. The largest absolute Gasteiger partial charge is 0.353 e. The molecule has 0 bridgehead atoms. The number of nitrogens with one attached hydrogen (secondary N) is 1. The van der Waals surface area contributed by atoms with E-state index < -0.39 is 0 Å². The summed E-state index contributed by atoms with van der Waals surface area (Å²) in [4.78, 5) is 20.4. The number of aromatic nitrogens is 2. The molecule has 0 atom stereocenters. The maximum absolute atomic E-state index is 12.6. The quantitative estimate of drug-likeness (QED) is 0.431. The lowest BCUT2D eigenvalue weighted by Crippen LogP contribution is -2.00. The summed E-state index contributed by atoms with van der Waals surface area (Å²) in [5.74, 6) is 0.0329. The summed E-state index contributed by atoms with van der Waals surface area (Å²) in [7, 11) is 0. The highest BCUT2D eigenvalue weighted by Crippen LogP contribution is 2.33. The first-order valence-electron chi connectivity index (χ1n) is 8.86. The molecule has 0 spiro atoms. The number of hydrogen-bond donors (Lipinski definition) is 1. The fourth-order valence-electron chi connectivity index (χ4n) is 3.58. The lowest BCUT2D eigenvalue weighted by Gasteiger charge is -2.06. The van der Waals surface area contributed by atoms with Crippen molar-refractivity contribution < 1.29 is 4.79 Å². The minimum Gasteiger partial charge on any atom is -0.353 e. The molecule has 3 nitrogen and oxygen atoms in total. The molecule has 0 aliphatic rings. The van der Waals surface area contributed by atoms with Crippen molar-refractivity contribution in [2.24, 2.45) is 0 Å². The molecule has 0 unspecified atom stereocenters. The molecular formula is C24H16N2O. The zero-order valence-corrected chi connectivity index (χ0v) is 14.5. The molecule has 3 aromatic carbocycles. The number of aromatic amines is 1. The molecule has 128 valence electrons. The van der Waals surface area contributed by atoms with E-state index in [9.17, 15) is 4.79 Å². The highest BCUT2D eigenvalue weighted by atomic mass is 16.1. The van der Waals surface area contributed by atoms with E-state index in [4.69, 9.17) is 0 Å². The Morgan fingerprint density at radius 3 is 2.22 bits per heavy atom. The van der Waals surface area contributed by atoms with Crippen LogP contribution in [0, 0.1) is 0 Å². The van der Waals surface area contributed by atoms with Gasteiger partial charge in [0.1, 0.15) is 0 Å². The number of pyridine rings is 1. The molecule has 5 aromatic rings. The fraction of sp³-hybridized carbons (Fsp3) is 0. The summed E-state index contributed by atoms with van der Waals surface area (Å²) < 4.78 is 0. The molecule has 5 rings (SSSR count). The maximum Gasteiger partial charge on any atom is 0.193 e. The van der Waals surface area contributed by atoms with Gasteiger partial charge in [-0.3, -0.25) is 9.78 Å². The van der Waals surface area contributed by atoms with Crippen LogP contribution < -0.4 is 0 Å². The lowest BCUT2D eigenvalue weighted by molar-refractivity contribution is 0.103. The van der Waals surface area contributed by atoms with Crippen molar-refractivity contribution in [2.75, 3.05) is 0 Å². The zero-order valence-electron chi connectivity index (χ0n) is 14.5. The highest BCUT2D eigenvalue weighted by Gasteiger charge is 2.12. The number of benzene rings is 3. The molecule has 0 fully saturated rings. The second-order valence-corrected chi connectivity index (χ2v) is 6.55. The Morgan fingerprint density at radius 1 is 0.704 bits per heavy atom. The van der Waals surface area contributed by atoms with E-state index in [1.165, 1.54) is 5.39 Å². The van der Waals surface area contributed by atoms with Crippen molar-refractivity contribution in [3.8, 4) is 11.1 Å². The van der Waals surface area contributed by atoms with Gasteiger partial charge in [0.25, 0.3) is 0 Å². The summed E-state index contributed by atoms with van der Waals surface area (Å²) in [5.41, 5.74) is 5.59. The first kappa shape index (κ1) is 15.5. The van der Waals surface area contributed by atoms with Crippen LogP contribution in [0.4, 0.5) is 0 Å². The molecule has 0 saturated carbocycles. The number of rotatable bonds is 3. The maximum atomic E-state index is 12.6. The van der Waals surface area contributed by atoms with Crippen LogP contribution in [0.5, 0.6) is 0 Å². The Kier molecular flexibility index (Phi) is 3.58. The monoisotopic (exact) mass is 348 g/mol. The van der Waals surface area contributed by atoms with Crippen molar-refractivity contribution in [3.63, 3.8) is 0 Å². The molecule has 2 aromatic heterocycles. The number of para-hydroxylation sites is 1. The van der Waals surface area contributed by atoms with E-state index in [2.05, 4.69) is 22.1 Å². The Labute approximate surface area is 156 Å². The number of carbonyl (C=O) groups excluding carboxylic acids is 1. The second kappa shape index (κ2) is 6.22. The van der Waals surface area contributed by atoms with E-state index in [-0.39, 0.29) is 5.78 Å². The fourth-order valence-corrected chi connectivity index (χ4v) is 3.58. The molecular weight excluding hydrogens is 332 g/mol. The normalized spacial score (nSPS) is 11.1. The molecule has 0 aliphatic carbocycles. The smallest absolute Gasteiger partial charge is 0.193 e. The van der Waals surface area contributed by atoms with Gasteiger partial charge in [0.15, 0.2) is 5.78 Å². The zero-order chi connectivity index (χ0) is 18.2. The second-order valence-electron chi connectivity index (χ2n) is 6.55. The Morgan fingerprint density at radius 2 is 1.41 bits per heavy atom. The molecule has 3 heteroatoms. The molecule has 0 amide bonds. The Hall–Kier alpha value is -3.72. The number of hydrogen-bond acceptors (Lipinski definition) is 2. The lowest BCUT2D eigenvalue weighted by atomic mass is 9.98. The van der Waals surface area contributed by atoms with Crippen molar-refractivity contribution in [1.82, 2.24) is 9.97 Å². The molecule has 2 heterocycles. The summed E-state index contributed by atoms with van der Waals surface area (Å²) in [5, 5.41) is 2.33. The van der Waals surface area contributed by atoms with Crippen LogP contribution in [0.3, 0.4) is 0 Å². The standard InChI is InChI=1S/C24H16N2O/c27-24(17-6-2-1-3-7-17)18-12-10-16(11-13-18)20-14-25-15-22-23(20)19-8-4-5-9-21(19)26-22/h1-15,26H. The molecule has 0 radical (unpaired) electrons. The third-order valence-electron chi connectivity index (χ3n) is 4.91. The summed E-state index contributed by atoms with van der Waals surface area (Å²) in [6, 6.07) is 25.4. The van der Waals surface area contributed by atoms with E-state index >= 15 is 0 Å². The van der Waals surface area contributed by atoms with Gasteiger partial charge < -0.3 is 4.98 Å². The minimum atomic E-state index is 0.0329. The topological polar surface area (TPSA) is 45.8 Å². The van der Waals surface area contributed by atoms with Gasteiger partial charge in [-0.1, -0.05) is 72.8 Å². The highest BCUT2D eigenvalue weighted by molar-refractivity contribution is 6.14. The SMILES string of the molecule is O=C(c1ccccc1)c1ccc(-c2cncc3[nH]c4ccccc4c23)cc1. The molecule has 0 aliphatic heterocycles. The first-order chi connectivity index (χ1) is 13.3. The van der Waals surface area contributed by atoms with E-state index in [1.807, 2.05) is 79.1 Å². The summed E-state index contributed by atoms with van der Waals surface area (Å²) in [6.07, 6.45) is 3.74. The van der Waals surface area contributed by atoms with Crippen LogP contribution >= 0.6 is 0 Å². The van der Waals surface area contributed by atoms with E-state index in [1.54, 1.807) is 0 Å². The van der Waals surface area contributed by atoms with E-state index in [0.29, 0.717) is 11.1 Å². The van der Waals surface area contributed by atoms with Crippen LogP contribution in [0.1, 0.15) is 15.9 Å². The van der Waals surface area contributed by atoms with Gasteiger partial charge in [0.2, 0.25) is 0 Å². The van der Waals surface area contributed by atoms with Gasteiger partial charge in [0, 0.05) is 39.2 Å². The van der Waals surface area contributed by atoms with Crippen LogP contribution in [-0.4, -0.2) is 15.8 Å². The Balaban J connectivity index is 1.61. The molecule has 27 heavy (non-hydrogen) atoms. The number of carbonyl (C=O) groups is 1.